The van der Waals surface area contributed by atoms with Gasteiger partial charge in [-0.1, -0.05) is 12.1 Å². The summed E-state index contributed by atoms with van der Waals surface area (Å²) < 4.78 is 47.5. The third-order valence-electron chi connectivity index (χ3n) is 2.75. The molecule has 6 heteroatoms. The summed E-state index contributed by atoms with van der Waals surface area (Å²) in [5.41, 5.74) is -1.97. The highest BCUT2D eigenvalue weighted by Crippen LogP contribution is 2.51. The Bertz CT molecular complexity index is 447. The zero-order valence-electron chi connectivity index (χ0n) is 9.58. The molecule has 18 heavy (non-hydrogen) atoms. The third kappa shape index (κ3) is 2.08. The molecule has 3 nitrogen and oxygen atoms in total. The number of benzene rings is 1. The minimum Gasteiger partial charge on any atom is -0.462 e. The van der Waals surface area contributed by atoms with E-state index in [2.05, 4.69) is 4.74 Å². The molecule has 0 bridgehead atoms. The van der Waals surface area contributed by atoms with E-state index in [0.717, 1.165) is 0 Å². The van der Waals surface area contributed by atoms with Crippen molar-refractivity contribution in [1.29, 1.82) is 0 Å². The molecule has 0 saturated carbocycles. The van der Waals surface area contributed by atoms with Crippen LogP contribution in [0.5, 0.6) is 0 Å². The molecule has 1 saturated heterocycles. The molecule has 0 N–H and O–H groups in total. The zero-order valence-corrected chi connectivity index (χ0v) is 9.58. The number of hydrogen-bond donors (Lipinski definition) is 0. The molecule has 0 radical (unpaired) electrons. The van der Waals surface area contributed by atoms with E-state index in [0.29, 0.717) is 0 Å². The summed E-state index contributed by atoms with van der Waals surface area (Å²) in [6, 6.07) is 5.10. The van der Waals surface area contributed by atoms with Gasteiger partial charge in [0.05, 0.1) is 18.8 Å². The van der Waals surface area contributed by atoms with Crippen molar-refractivity contribution >= 4 is 5.97 Å². The highest BCUT2D eigenvalue weighted by Gasteiger charge is 2.67. The molecule has 0 aromatic heterocycles. The van der Waals surface area contributed by atoms with Gasteiger partial charge in [-0.2, -0.15) is 13.2 Å². The molecule has 1 aromatic rings. The average molecular weight is 260 g/mol. The van der Waals surface area contributed by atoms with Crippen LogP contribution in [0, 0.1) is 0 Å². The fourth-order valence-electron chi connectivity index (χ4n) is 1.66. The predicted molar refractivity (Wildman–Crippen MR) is 56.1 cm³/mol. The SMILES string of the molecule is CCOC(=O)c1ccc([C@@]2(C(F)(F)F)CO2)cc1. The van der Waals surface area contributed by atoms with Crippen molar-refractivity contribution in [3.05, 3.63) is 35.4 Å². The van der Waals surface area contributed by atoms with Gasteiger partial charge < -0.3 is 9.47 Å². The Hall–Kier alpha value is -1.56. The first-order valence-electron chi connectivity index (χ1n) is 5.39. The second kappa shape index (κ2) is 4.28. The van der Waals surface area contributed by atoms with Crippen LogP contribution in [0.4, 0.5) is 13.2 Å². The molecule has 2 rings (SSSR count). The summed E-state index contributed by atoms with van der Waals surface area (Å²) >= 11 is 0. The Kier molecular flexibility index (Phi) is 3.06. The Morgan fingerprint density at radius 3 is 2.33 bits per heavy atom. The first-order valence-corrected chi connectivity index (χ1v) is 5.39. The minimum atomic E-state index is -4.45. The molecule has 1 heterocycles. The molecule has 0 amide bonds. The van der Waals surface area contributed by atoms with Gasteiger partial charge in [0.2, 0.25) is 5.60 Å². The van der Waals surface area contributed by atoms with Crippen LogP contribution in [-0.4, -0.2) is 25.4 Å². The van der Waals surface area contributed by atoms with Gasteiger partial charge in [-0.05, 0) is 24.6 Å². The van der Waals surface area contributed by atoms with Crippen molar-refractivity contribution in [2.75, 3.05) is 13.2 Å². The summed E-state index contributed by atoms with van der Waals surface area (Å²) in [5.74, 6) is -0.554. The van der Waals surface area contributed by atoms with E-state index >= 15 is 0 Å². The van der Waals surface area contributed by atoms with Gasteiger partial charge in [-0.25, -0.2) is 4.79 Å². The number of carbonyl (C=O) groups is 1. The number of carbonyl (C=O) groups excluding carboxylic acids is 1. The van der Waals surface area contributed by atoms with Crippen molar-refractivity contribution < 1.29 is 27.4 Å². The van der Waals surface area contributed by atoms with Gasteiger partial charge in [0.25, 0.3) is 0 Å². The van der Waals surface area contributed by atoms with E-state index in [9.17, 15) is 18.0 Å². The van der Waals surface area contributed by atoms with Gasteiger partial charge in [-0.15, -0.1) is 0 Å². The van der Waals surface area contributed by atoms with Crippen LogP contribution in [0.15, 0.2) is 24.3 Å². The maximum Gasteiger partial charge on any atom is 0.424 e. The topological polar surface area (TPSA) is 38.8 Å². The van der Waals surface area contributed by atoms with E-state index in [1.54, 1.807) is 6.92 Å². The largest absolute Gasteiger partial charge is 0.462 e. The predicted octanol–water partition coefficient (Wildman–Crippen LogP) is 2.65. The van der Waals surface area contributed by atoms with Crippen LogP contribution in [0.2, 0.25) is 0 Å². The second-order valence-electron chi connectivity index (χ2n) is 3.91. The lowest BCUT2D eigenvalue weighted by atomic mass is 9.98. The van der Waals surface area contributed by atoms with Crippen molar-refractivity contribution in [2.45, 2.75) is 18.7 Å². The lowest BCUT2D eigenvalue weighted by molar-refractivity contribution is -0.187. The smallest absolute Gasteiger partial charge is 0.424 e. The molecular formula is C12H11F3O3. The zero-order chi connectivity index (χ0) is 13.4. The molecule has 0 spiro atoms. The monoisotopic (exact) mass is 260 g/mol. The second-order valence-corrected chi connectivity index (χ2v) is 3.91. The fourth-order valence-corrected chi connectivity index (χ4v) is 1.66. The quantitative estimate of drug-likeness (QED) is 0.619. The van der Waals surface area contributed by atoms with Gasteiger partial charge >= 0.3 is 12.1 Å². The number of ether oxygens (including phenoxy) is 2. The Labute approximate surface area is 102 Å². The molecule has 1 fully saturated rings. The molecule has 0 unspecified atom stereocenters. The first kappa shape index (κ1) is 12.9. The summed E-state index contributed by atoms with van der Waals surface area (Å²) in [4.78, 5) is 11.3. The van der Waals surface area contributed by atoms with Gasteiger partial charge in [0.15, 0.2) is 0 Å². The lowest BCUT2D eigenvalue weighted by Crippen LogP contribution is -2.30. The van der Waals surface area contributed by atoms with Crippen LogP contribution in [0.3, 0.4) is 0 Å². The first-order chi connectivity index (χ1) is 8.40. The van der Waals surface area contributed by atoms with E-state index in [-0.39, 0.29) is 24.3 Å². The van der Waals surface area contributed by atoms with Gasteiger partial charge in [-0.3, -0.25) is 0 Å². The average Bonchev–Trinajstić information content (AvgIpc) is 3.10. The molecule has 0 aliphatic carbocycles. The lowest BCUT2D eigenvalue weighted by Gasteiger charge is -2.16. The number of halogens is 3. The van der Waals surface area contributed by atoms with Crippen molar-refractivity contribution in [1.82, 2.24) is 0 Å². The van der Waals surface area contributed by atoms with Crippen molar-refractivity contribution in [3.63, 3.8) is 0 Å². The molecular weight excluding hydrogens is 249 g/mol. The molecule has 1 aliphatic rings. The van der Waals surface area contributed by atoms with Gasteiger partial charge in [0, 0.05) is 0 Å². The van der Waals surface area contributed by atoms with Crippen LogP contribution in [-0.2, 0) is 15.1 Å². The van der Waals surface area contributed by atoms with Crippen molar-refractivity contribution in [2.24, 2.45) is 0 Å². The summed E-state index contributed by atoms with van der Waals surface area (Å²) in [5, 5.41) is 0. The third-order valence-corrected chi connectivity index (χ3v) is 2.75. The number of alkyl halides is 3. The van der Waals surface area contributed by atoms with Crippen molar-refractivity contribution in [3.8, 4) is 0 Å². The summed E-state index contributed by atoms with van der Waals surface area (Å²) in [6.45, 7) is 1.49. The van der Waals surface area contributed by atoms with E-state index < -0.39 is 17.7 Å². The number of rotatable bonds is 3. The van der Waals surface area contributed by atoms with Gasteiger partial charge in [0.1, 0.15) is 0 Å². The minimum absolute atomic E-state index is 0.00282. The van der Waals surface area contributed by atoms with Crippen LogP contribution in [0.1, 0.15) is 22.8 Å². The maximum atomic E-state index is 12.7. The Morgan fingerprint density at radius 2 is 1.94 bits per heavy atom. The fraction of sp³-hybridized carbons (Fsp3) is 0.417. The highest BCUT2D eigenvalue weighted by atomic mass is 19.4. The highest BCUT2D eigenvalue weighted by molar-refractivity contribution is 5.89. The van der Waals surface area contributed by atoms with E-state index in [1.165, 1.54) is 24.3 Å². The van der Waals surface area contributed by atoms with Crippen LogP contribution >= 0.6 is 0 Å². The van der Waals surface area contributed by atoms with E-state index in [1.807, 2.05) is 0 Å². The molecule has 98 valence electrons. The molecule has 1 aliphatic heterocycles. The van der Waals surface area contributed by atoms with Crippen LogP contribution < -0.4 is 0 Å². The Morgan fingerprint density at radius 1 is 1.39 bits per heavy atom. The van der Waals surface area contributed by atoms with Crippen LogP contribution in [0.25, 0.3) is 0 Å². The number of hydrogen-bond acceptors (Lipinski definition) is 3. The molecule has 1 atom stereocenters. The van der Waals surface area contributed by atoms with E-state index in [4.69, 9.17) is 4.74 Å². The number of epoxide rings is 1. The maximum absolute atomic E-state index is 12.7. The summed E-state index contributed by atoms with van der Waals surface area (Å²) in [7, 11) is 0. The number of esters is 1. The molecule has 1 aromatic carbocycles. The Balaban J connectivity index is 2.21. The summed E-state index contributed by atoms with van der Waals surface area (Å²) in [6.07, 6.45) is -4.45. The standard InChI is InChI=1S/C12H11F3O3/c1-2-17-10(16)8-3-5-9(6-4-8)11(7-18-11)12(13,14)15/h3-6H,2,7H2,1H3/t11-/m1/s1. The normalized spacial score (nSPS) is 22.7.